The van der Waals surface area contributed by atoms with Crippen molar-refractivity contribution in [3.63, 3.8) is 0 Å². The second-order valence-corrected chi connectivity index (χ2v) is 4.96. The maximum absolute atomic E-state index is 12.9. The van der Waals surface area contributed by atoms with Gasteiger partial charge in [0.15, 0.2) is 0 Å². The van der Waals surface area contributed by atoms with Crippen molar-refractivity contribution in [2.24, 2.45) is 0 Å². The Balaban J connectivity index is 2.43. The predicted molar refractivity (Wildman–Crippen MR) is 75.6 cm³/mol. The number of rotatable bonds is 2. The summed E-state index contributed by atoms with van der Waals surface area (Å²) in [5, 5.41) is 3.29. The van der Waals surface area contributed by atoms with E-state index in [-0.39, 0.29) is 11.4 Å². The van der Waals surface area contributed by atoms with Crippen LogP contribution < -0.4 is 11.1 Å². The van der Waals surface area contributed by atoms with E-state index in [2.05, 4.69) is 5.32 Å². The number of alkyl halides is 3. The van der Waals surface area contributed by atoms with Gasteiger partial charge in [0.1, 0.15) is 0 Å². The van der Waals surface area contributed by atoms with E-state index in [1.165, 1.54) is 30.3 Å². The molecule has 0 aliphatic carbocycles. The third-order valence-electron chi connectivity index (χ3n) is 2.49. The van der Waals surface area contributed by atoms with Gasteiger partial charge in [-0.05, 0) is 36.4 Å². The first kappa shape index (κ1) is 14.8. The van der Waals surface area contributed by atoms with Gasteiger partial charge in [-0.2, -0.15) is 13.2 Å². The van der Waals surface area contributed by atoms with E-state index in [1.807, 2.05) is 0 Å². The van der Waals surface area contributed by atoms with Crippen molar-refractivity contribution in [2.45, 2.75) is 6.18 Å². The Bertz CT molecular complexity index is 622. The fraction of sp³-hybridized carbons (Fsp3) is 0.0769. The molecule has 20 heavy (non-hydrogen) atoms. The number of hydrogen-bond acceptors (Lipinski definition) is 2. The minimum absolute atomic E-state index is 0.0343. The largest absolute Gasteiger partial charge is 0.418 e. The topological polar surface area (TPSA) is 38.0 Å². The molecule has 0 aliphatic rings. The lowest BCUT2D eigenvalue weighted by Crippen LogP contribution is -2.09. The molecular weight excluding hydrogens is 312 g/mol. The quantitative estimate of drug-likeness (QED) is 0.733. The Morgan fingerprint density at radius 2 is 1.55 bits per heavy atom. The molecule has 2 aromatic rings. The zero-order chi connectivity index (χ0) is 14.9. The number of nitrogens with two attached hydrogens (primary N) is 1. The maximum atomic E-state index is 12.9. The second kappa shape index (κ2) is 5.42. The highest BCUT2D eigenvalue weighted by molar-refractivity contribution is 6.35. The van der Waals surface area contributed by atoms with Crippen molar-refractivity contribution in [3.05, 3.63) is 52.0 Å². The fourth-order valence-corrected chi connectivity index (χ4v) is 2.21. The van der Waals surface area contributed by atoms with Crippen LogP contribution in [0, 0.1) is 0 Å². The van der Waals surface area contributed by atoms with Crippen LogP contribution >= 0.6 is 23.2 Å². The SMILES string of the molecule is Nc1ccc(Nc2cc(Cl)cc(Cl)c2)c(C(F)(F)F)c1. The Hall–Kier alpha value is -1.59. The Morgan fingerprint density at radius 1 is 0.950 bits per heavy atom. The molecule has 0 aromatic heterocycles. The summed E-state index contributed by atoms with van der Waals surface area (Å²) in [7, 11) is 0. The van der Waals surface area contributed by atoms with Crippen LogP contribution in [0.5, 0.6) is 0 Å². The monoisotopic (exact) mass is 320 g/mol. The lowest BCUT2D eigenvalue weighted by Gasteiger charge is -2.15. The molecule has 0 bridgehead atoms. The third kappa shape index (κ3) is 3.49. The number of hydrogen-bond donors (Lipinski definition) is 2. The van der Waals surface area contributed by atoms with Gasteiger partial charge in [-0.3, -0.25) is 0 Å². The molecule has 0 aliphatic heterocycles. The van der Waals surface area contributed by atoms with Crippen LogP contribution in [0.3, 0.4) is 0 Å². The van der Waals surface area contributed by atoms with Gasteiger partial charge in [-0.15, -0.1) is 0 Å². The van der Waals surface area contributed by atoms with Gasteiger partial charge in [0, 0.05) is 21.4 Å². The molecule has 7 heteroatoms. The molecule has 0 radical (unpaired) electrons. The highest BCUT2D eigenvalue weighted by Crippen LogP contribution is 2.37. The van der Waals surface area contributed by atoms with Crippen LogP contribution in [0.15, 0.2) is 36.4 Å². The zero-order valence-corrected chi connectivity index (χ0v) is 11.4. The fourth-order valence-electron chi connectivity index (χ4n) is 1.69. The Morgan fingerprint density at radius 3 is 2.10 bits per heavy atom. The first-order valence-corrected chi connectivity index (χ1v) is 6.21. The van der Waals surface area contributed by atoms with Gasteiger partial charge < -0.3 is 11.1 Å². The van der Waals surface area contributed by atoms with Gasteiger partial charge >= 0.3 is 6.18 Å². The van der Waals surface area contributed by atoms with Crippen molar-refractivity contribution in [1.82, 2.24) is 0 Å². The van der Waals surface area contributed by atoms with E-state index >= 15 is 0 Å². The highest BCUT2D eigenvalue weighted by atomic mass is 35.5. The summed E-state index contributed by atoms with van der Waals surface area (Å²) in [6.07, 6.45) is -4.51. The smallest absolute Gasteiger partial charge is 0.399 e. The Labute approximate surface area is 123 Å². The van der Waals surface area contributed by atoms with E-state index in [9.17, 15) is 13.2 Å². The van der Waals surface area contributed by atoms with E-state index in [0.717, 1.165) is 6.07 Å². The summed E-state index contributed by atoms with van der Waals surface area (Å²) >= 11 is 11.6. The number of halogens is 5. The van der Waals surface area contributed by atoms with E-state index in [4.69, 9.17) is 28.9 Å². The van der Waals surface area contributed by atoms with Crippen LogP contribution in [-0.4, -0.2) is 0 Å². The van der Waals surface area contributed by atoms with Crippen molar-refractivity contribution < 1.29 is 13.2 Å². The lowest BCUT2D eigenvalue weighted by molar-refractivity contribution is -0.136. The summed E-state index contributed by atoms with van der Waals surface area (Å²) in [4.78, 5) is 0. The number of nitrogens with one attached hydrogen (secondary N) is 1. The summed E-state index contributed by atoms with van der Waals surface area (Å²) < 4.78 is 38.8. The van der Waals surface area contributed by atoms with Crippen molar-refractivity contribution in [3.8, 4) is 0 Å². The standard InChI is InChI=1S/C13H9Cl2F3N2/c14-7-3-8(15)5-10(4-7)20-12-2-1-9(19)6-11(12)13(16,17)18/h1-6,20H,19H2. The van der Waals surface area contributed by atoms with Crippen LogP contribution in [0.25, 0.3) is 0 Å². The molecule has 0 fully saturated rings. The van der Waals surface area contributed by atoms with Gasteiger partial charge in [0.25, 0.3) is 0 Å². The summed E-state index contributed by atoms with van der Waals surface area (Å²) in [6, 6.07) is 7.95. The number of anilines is 3. The average Bonchev–Trinajstić information content (AvgIpc) is 2.28. The molecule has 3 N–H and O–H groups in total. The van der Waals surface area contributed by atoms with Crippen molar-refractivity contribution in [1.29, 1.82) is 0 Å². The molecule has 2 nitrogen and oxygen atoms in total. The van der Waals surface area contributed by atoms with Crippen LogP contribution in [0.2, 0.25) is 10.0 Å². The average molecular weight is 321 g/mol. The Kier molecular flexibility index (Phi) is 4.01. The first-order valence-electron chi connectivity index (χ1n) is 5.45. The number of nitrogen functional groups attached to an aromatic ring is 1. The molecule has 0 amide bonds. The van der Waals surface area contributed by atoms with E-state index < -0.39 is 11.7 Å². The zero-order valence-electron chi connectivity index (χ0n) is 9.93. The minimum atomic E-state index is -4.51. The molecule has 0 heterocycles. The van der Waals surface area contributed by atoms with Gasteiger partial charge in [0.05, 0.1) is 11.3 Å². The number of benzene rings is 2. The molecule has 0 spiro atoms. The molecule has 106 valence electrons. The van der Waals surface area contributed by atoms with E-state index in [0.29, 0.717) is 15.7 Å². The molecule has 0 unspecified atom stereocenters. The minimum Gasteiger partial charge on any atom is -0.399 e. The summed E-state index contributed by atoms with van der Waals surface area (Å²) in [5.41, 5.74) is 4.82. The second-order valence-electron chi connectivity index (χ2n) is 4.09. The molecule has 2 aromatic carbocycles. The molecule has 0 saturated carbocycles. The van der Waals surface area contributed by atoms with Crippen LogP contribution in [-0.2, 0) is 6.18 Å². The highest BCUT2D eigenvalue weighted by Gasteiger charge is 2.33. The summed E-state index contributed by atoms with van der Waals surface area (Å²) in [5.74, 6) is 0. The predicted octanol–water partition coefficient (Wildman–Crippen LogP) is 5.34. The molecule has 2 rings (SSSR count). The third-order valence-corrected chi connectivity index (χ3v) is 2.93. The van der Waals surface area contributed by atoms with Crippen LogP contribution in [0.4, 0.5) is 30.2 Å². The lowest BCUT2D eigenvalue weighted by atomic mass is 10.1. The van der Waals surface area contributed by atoms with E-state index in [1.54, 1.807) is 0 Å². The normalized spacial score (nSPS) is 11.4. The molecular formula is C13H9Cl2F3N2. The van der Waals surface area contributed by atoms with Crippen LogP contribution in [0.1, 0.15) is 5.56 Å². The first-order chi connectivity index (χ1) is 9.25. The van der Waals surface area contributed by atoms with Gasteiger partial charge in [-0.1, -0.05) is 23.2 Å². The van der Waals surface area contributed by atoms with Crippen molar-refractivity contribution in [2.75, 3.05) is 11.1 Å². The van der Waals surface area contributed by atoms with Gasteiger partial charge in [0.2, 0.25) is 0 Å². The molecule has 0 saturated heterocycles. The summed E-state index contributed by atoms with van der Waals surface area (Å²) in [6.45, 7) is 0. The van der Waals surface area contributed by atoms with Gasteiger partial charge in [-0.25, -0.2) is 0 Å². The molecule has 0 atom stereocenters. The van der Waals surface area contributed by atoms with Crippen molar-refractivity contribution >= 4 is 40.3 Å². The maximum Gasteiger partial charge on any atom is 0.418 e.